The third-order valence-electron chi connectivity index (χ3n) is 2.45. The number of benzene rings is 2. The smallest absolute Gasteiger partial charge is 0.177 e. The fourth-order valence-corrected chi connectivity index (χ4v) is 2.51. The van der Waals surface area contributed by atoms with Crippen molar-refractivity contribution >= 4 is 26.9 Å². The fourth-order valence-electron chi connectivity index (χ4n) is 1.67. The molecule has 0 aromatic heterocycles. The summed E-state index contributed by atoms with van der Waals surface area (Å²) in [6, 6.07) is 13.9. The first-order chi connectivity index (χ1) is 8.47. The van der Waals surface area contributed by atoms with Crippen LogP contribution in [0.1, 0.15) is 0 Å². The van der Waals surface area contributed by atoms with Gasteiger partial charge in [0.1, 0.15) is 0 Å². The first-order valence-electron chi connectivity index (χ1n) is 5.38. The number of nitrogen functional groups attached to an aromatic ring is 1. The van der Waals surface area contributed by atoms with Crippen LogP contribution in [0.15, 0.2) is 53.4 Å². The van der Waals surface area contributed by atoms with Gasteiger partial charge in [0.25, 0.3) is 0 Å². The highest BCUT2D eigenvalue weighted by Gasteiger charge is 2.12. The molecule has 0 atom stereocenters. The molecule has 0 aliphatic carbocycles. The highest BCUT2D eigenvalue weighted by Crippen LogP contribution is 2.25. The number of hydrogen-bond acceptors (Lipinski definition) is 4. The molecule has 0 amide bonds. The minimum absolute atomic E-state index is 0.271. The van der Waals surface area contributed by atoms with Gasteiger partial charge in [0, 0.05) is 17.6 Å². The van der Waals surface area contributed by atoms with Crippen LogP contribution in [0.2, 0.25) is 0 Å². The Hall–Kier alpha value is -2.01. The Labute approximate surface area is 106 Å². The molecule has 0 unspecified atom stereocenters. The molecule has 5 heteroatoms. The normalized spacial score (nSPS) is 11.2. The van der Waals surface area contributed by atoms with Crippen molar-refractivity contribution in [3.05, 3.63) is 48.5 Å². The van der Waals surface area contributed by atoms with Gasteiger partial charge < -0.3 is 11.1 Å². The van der Waals surface area contributed by atoms with Crippen molar-refractivity contribution in [1.29, 1.82) is 0 Å². The zero-order chi connectivity index (χ0) is 13.2. The van der Waals surface area contributed by atoms with Crippen molar-refractivity contribution in [2.24, 2.45) is 0 Å². The second-order valence-electron chi connectivity index (χ2n) is 4.02. The molecule has 2 aromatic rings. The topological polar surface area (TPSA) is 72.2 Å². The van der Waals surface area contributed by atoms with Gasteiger partial charge in [0.15, 0.2) is 9.84 Å². The zero-order valence-corrected chi connectivity index (χ0v) is 10.7. The van der Waals surface area contributed by atoms with E-state index < -0.39 is 9.84 Å². The van der Waals surface area contributed by atoms with Crippen molar-refractivity contribution < 1.29 is 8.42 Å². The van der Waals surface area contributed by atoms with Crippen LogP contribution in [0, 0.1) is 0 Å². The van der Waals surface area contributed by atoms with E-state index in [4.69, 9.17) is 5.73 Å². The Morgan fingerprint density at radius 1 is 1.06 bits per heavy atom. The Kier molecular flexibility index (Phi) is 3.25. The molecule has 0 radical (unpaired) electrons. The van der Waals surface area contributed by atoms with Gasteiger partial charge in [-0.1, -0.05) is 18.2 Å². The number of anilines is 3. The highest BCUT2D eigenvalue weighted by molar-refractivity contribution is 7.90. The number of nitrogens with two attached hydrogens (primary N) is 1. The first-order valence-corrected chi connectivity index (χ1v) is 7.27. The second-order valence-corrected chi connectivity index (χ2v) is 6.00. The van der Waals surface area contributed by atoms with Gasteiger partial charge in [0.05, 0.1) is 10.6 Å². The number of hydrogen-bond donors (Lipinski definition) is 2. The molecular weight excluding hydrogens is 248 g/mol. The van der Waals surface area contributed by atoms with Crippen molar-refractivity contribution in [1.82, 2.24) is 0 Å². The summed E-state index contributed by atoms with van der Waals surface area (Å²) >= 11 is 0. The fraction of sp³-hybridized carbons (Fsp3) is 0.0769. The lowest BCUT2D eigenvalue weighted by molar-refractivity contribution is 0.602. The molecule has 2 rings (SSSR count). The predicted octanol–water partition coefficient (Wildman–Crippen LogP) is 2.42. The molecule has 94 valence electrons. The largest absolute Gasteiger partial charge is 0.399 e. The van der Waals surface area contributed by atoms with Crippen LogP contribution in [0.4, 0.5) is 17.1 Å². The van der Waals surface area contributed by atoms with Crippen LogP contribution >= 0.6 is 0 Å². The average molecular weight is 262 g/mol. The molecule has 18 heavy (non-hydrogen) atoms. The van der Waals surface area contributed by atoms with Crippen molar-refractivity contribution in [2.75, 3.05) is 17.3 Å². The highest BCUT2D eigenvalue weighted by atomic mass is 32.2. The lowest BCUT2D eigenvalue weighted by Crippen LogP contribution is -2.02. The molecule has 2 aromatic carbocycles. The molecule has 3 N–H and O–H groups in total. The van der Waals surface area contributed by atoms with E-state index >= 15 is 0 Å². The zero-order valence-electron chi connectivity index (χ0n) is 9.92. The minimum atomic E-state index is -3.26. The second kappa shape index (κ2) is 4.70. The Bertz CT molecular complexity index is 666. The molecule has 0 saturated carbocycles. The monoisotopic (exact) mass is 262 g/mol. The van der Waals surface area contributed by atoms with E-state index in [1.165, 1.54) is 6.26 Å². The number of sulfone groups is 1. The molecular formula is C13H14N2O2S. The van der Waals surface area contributed by atoms with Crippen molar-refractivity contribution in [3.63, 3.8) is 0 Å². The molecule has 4 nitrogen and oxygen atoms in total. The van der Waals surface area contributed by atoms with Crippen molar-refractivity contribution in [2.45, 2.75) is 4.90 Å². The molecule has 0 aliphatic heterocycles. The van der Waals surface area contributed by atoms with E-state index in [-0.39, 0.29) is 4.90 Å². The van der Waals surface area contributed by atoms with Crippen molar-refractivity contribution in [3.8, 4) is 0 Å². The molecule has 0 fully saturated rings. The predicted molar refractivity (Wildman–Crippen MR) is 73.7 cm³/mol. The summed E-state index contributed by atoms with van der Waals surface area (Å²) in [7, 11) is -3.26. The molecule has 0 saturated heterocycles. The van der Waals surface area contributed by atoms with Gasteiger partial charge in [-0.2, -0.15) is 0 Å². The standard InChI is InChI=1S/C13H14N2O2S/c1-18(16,17)13-8-3-2-7-12(13)15-11-6-4-5-10(14)9-11/h2-9,15H,14H2,1H3. The Morgan fingerprint density at radius 3 is 2.44 bits per heavy atom. The summed E-state index contributed by atoms with van der Waals surface area (Å²) in [6.07, 6.45) is 1.19. The van der Waals surface area contributed by atoms with Gasteiger partial charge >= 0.3 is 0 Å². The summed E-state index contributed by atoms with van der Waals surface area (Å²) < 4.78 is 23.3. The molecule has 0 bridgehead atoms. The summed E-state index contributed by atoms with van der Waals surface area (Å²) in [5.41, 5.74) is 7.60. The maximum atomic E-state index is 11.6. The quantitative estimate of drug-likeness (QED) is 0.833. The summed E-state index contributed by atoms with van der Waals surface area (Å²) in [6.45, 7) is 0. The third kappa shape index (κ3) is 2.81. The van der Waals surface area contributed by atoms with Gasteiger partial charge in [-0.15, -0.1) is 0 Å². The van der Waals surface area contributed by atoms with E-state index in [1.807, 2.05) is 6.07 Å². The lowest BCUT2D eigenvalue weighted by Gasteiger charge is -2.11. The molecule has 0 spiro atoms. The van der Waals surface area contributed by atoms with Gasteiger partial charge in [-0.25, -0.2) is 8.42 Å². The third-order valence-corrected chi connectivity index (χ3v) is 3.61. The summed E-state index contributed by atoms with van der Waals surface area (Å²) in [5.74, 6) is 0. The summed E-state index contributed by atoms with van der Waals surface area (Å²) in [4.78, 5) is 0.271. The average Bonchev–Trinajstić information content (AvgIpc) is 2.28. The van der Waals surface area contributed by atoms with E-state index in [0.717, 1.165) is 5.69 Å². The van der Waals surface area contributed by atoms with Crippen LogP contribution in [-0.4, -0.2) is 14.7 Å². The van der Waals surface area contributed by atoms with Crippen LogP contribution in [0.25, 0.3) is 0 Å². The van der Waals surface area contributed by atoms with E-state index in [9.17, 15) is 8.42 Å². The maximum Gasteiger partial charge on any atom is 0.177 e. The molecule has 0 aliphatic rings. The number of rotatable bonds is 3. The Morgan fingerprint density at radius 2 is 1.78 bits per heavy atom. The minimum Gasteiger partial charge on any atom is -0.399 e. The van der Waals surface area contributed by atoms with Crippen LogP contribution < -0.4 is 11.1 Å². The Balaban J connectivity index is 2.41. The SMILES string of the molecule is CS(=O)(=O)c1ccccc1Nc1cccc(N)c1. The van der Waals surface area contributed by atoms with Crippen LogP contribution in [0.5, 0.6) is 0 Å². The van der Waals surface area contributed by atoms with E-state index in [0.29, 0.717) is 11.4 Å². The first kappa shape index (κ1) is 12.4. The van der Waals surface area contributed by atoms with Crippen LogP contribution in [-0.2, 0) is 9.84 Å². The van der Waals surface area contributed by atoms with E-state index in [1.54, 1.807) is 42.5 Å². The summed E-state index contributed by atoms with van der Waals surface area (Å²) in [5, 5.41) is 3.06. The number of para-hydroxylation sites is 1. The lowest BCUT2D eigenvalue weighted by atomic mass is 10.2. The molecule has 0 heterocycles. The maximum absolute atomic E-state index is 11.6. The van der Waals surface area contributed by atoms with Gasteiger partial charge in [-0.3, -0.25) is 0 Å². The van der Waals surface area contributed by atoms with E-state index in [2.05, 4.69) is 5.32 Å². The van der Waals surface area contributed by atoms with Gasteiger partial charge in [0.2, 0.25) is 0 Å². The number of nitrogens with one attached hydrogen (secondary N) is 1. The van der Waals surface area contributed by atoms with Gasteiger partial charge in [-0.05, 0) is 30.3 Å². The van der Waals surface area contributed by atoms with Crippen LogP contribution in [0.3, 0.4) is 0 Å².